The second kappa shape index (κ2) is 7.96. The number of hydrogen-bond acceptors (Lipinski definition) is 6. The van der Waals surface area contributed by atoms with Gasteiger partial charge in [-0.25, -0.2) is 19.1 Å². The van der Waals surface area contributed by atoms with Gasteiger partial charge in [-0.3, -0.25) is 0 Å². The molecule has 1 aliphatic rings. The molecule has 2 rings (SSSR count). The summed E-state index contributed by atoms with van der Waals surface area (Å²) in [5, 5.41) is 2.89. The van der Waals surface area contributed by atoms with Crippen molar-refractivity contribution < 1.29 is 27.7 Å². The minimum absolute atomic E-state index is 0.0800. The van der Waals surface area contributed by atoms with Gasteiger partial charge in [0.1, 0.15) is 11.5 Å². The first-order chi connectivity index (χ1) is 11.6. The molecule has 9 nitrogen and oxygen atoms in total. The summed E-state index contributed by atoms with van der Waals surface area (Å²) in [6.45, 7) is 0.585. The highest BCUT2D eigenvalue weighted by Gasteiger charge is 2.37. The van der Waals surface area contributed by atoms with E-state index in [2.05, 4.69) is 19.8 Å². The molecule has 0 amide bonds. The monoisotopic (exact) mass is 401 g/mol. The Morgan fingerprint density at radius 3 is 2.76 bits per heavy atom. The number of phosphoric acid groups is 1. The van der Waals surface area contributed by atoms with E-state index in [-0.39, 0.29) is 12.4 Å². The van der Waals surface area contributed by atoms with Crippen LogP contribution in [0.5, 0.6) is 0 Å². The Bertz CT molecular complexity index is 680. The number of halogens is 3. The fourth-order valence-electron chi connectivity index (χ4n) is 2.40. The van der Waals surface area contributed by atoms with Gasteiger partial charge in [0.05, 0.1) is 6.33 Å². The summed E-state index contributed by atoms with van der Waals surface area (Å²) in [6, 6.07) is 0. The van der Waals surface area contributed by atoms with E-state index in [0.29, 0.717) is 37.3 Å². The molecule has 0 bridgehead atoms. The number of phosphoric ester groups is 1. The van der Waals surface area contributed by atoms with Gasteiger partial charge in [-0.1, -0.05) is 24.4 Å². The van der Waals surface area contributed by atoms with Crippen molar-refractivity contribution in [2.75, 3.05) is 5.32 Å². The van der Waals surface area contributed by atoms with Crippen molar-refractivity contribution in [2.45, 2.75) is 50.3 Å². The van der Waals surface area contributed by atoms with Crippen molar-refractivity contribution >= 4 is 31.2 Å². The average molecular weight is 402 g/mol. The molecule has 0 aliphatic carbocycles. The van der Waals surface area contributed by atoms with Crippen molar-refractivity contribution in [1.82, 2.24) is 9.55 Å². The van der Waals surface area contributed by atoms with Crippen LogP contribution in [-0.4, -0.2) is 31.4 Å². The first-order valence-corrected chi connectivity index (χ1v) is 9.47. The minimum Gasteiger partial charge on any atom is -0.370 e. The average Bonchev–Trinajstić information content (AvgIpc) is 2.83. The van der Waals surface area contributed by atoms with Gasteiger partial charge in [0.15, 0.2) is 11.5 Å². The van der Waals surface area contributed by atoms with Crippen molar-refractivity contribution in [2.24, 2.45) is 10.7 Å². The van der Waals surface area contributed by atoms with Crippen LogP contribution in [0.4, 0.5) is 14.6 Å². The number of hydrogen-bond donors (Lipinski definition) is 4. The third-order valence-corrected chi connectivity index (χ3v) is 4.27. The lowest BCUT2D eigenvalue weighted by Gasteiger charge is -2.18. The van der Waals surface area contributed by atoms with E-state index in [4.69, 9.17) is 27.1 Å². The predicted molar refractivity (Wildman–Crippen MR) is 87.2 cm³/mol. The number of nitrogens with one attached hydrogen (secondary N) is 1. The summed E-state index contributed by atoms with van der Waals surface area (Å²) in [4.78, 5) is 24.9. The molecule has 2 heterocycles. The number of nitrogens with two attached hydrogens (primary N) is 1. The summed E-state index contributed by atoms with van der Waals surface area (Å²) in [5.41, 5.74) is 5.55. The zero-order chi connectivity index (χ0) is 18.7. The van der Waals surface area contributed by atoms with Crippen LogP contribution in [0.25, 0.3) is 0 Å². The molecule has 0 radical (unpaired) electrons. The molecule has 0 spiro atoms. The predicted octanol–water partition coefficient (Wildman–Crippen LogP) is 2.51. The number of guanidine groups is 1. The zero-order valence-electron chi connectivity index (χ0n) is 13.1. The molecule has 0 fully saturated rings. The van der Waals surface area contributed by atoms with Crippen LogP contribution in [0.1, 0.15) is 43.3 Å². The molecule has 0 saturated heterocycles. The highest BCUT2D eigenvalue weighted by molar-refractivity contribution is 7.46. The molecule has 0 saturated carbocycles. The summed E-state index contributed by atoms with van der Waals surface area (Å²) in [5.74, 6) is 0.857. The van der Waals surface area contributed by atoms with Gasteiger partial charge >= 0.3 is 13.9 Å². The minimum atomic E-state index is -5.20. The molecule has 1 aromatic rings. The molecular formula is C12H19ClF2N5O4P. The van der Waals surface area contributed by atoms with Gasteiger partial charge in [0, 0.05) is 13.0 Å². The Hall–Kier alpha value is -1.26. The van der Waals surface area contributed by atoms with Crippen LogP contribution < -0.4 is 11.1 Å². The molecule has 142 valence electrons. The standard InChI is InChI=1S/C12H19ClF2N5O4P/c13-9-8-10(19-11(16)18-9)20(7-17-8)6-4-2-1-3-5-12(14,15)24-25(21,22)23/h7,9H,1-6H2,(H3,16,18,19)(H2,21,22,23). The Morgan fingerprint density at radius 2 is 2.08 bits per heavy atom. The summed E-state index contributed by atoms with van der Waals surface area (Å²) >= 11 is 6.02. The van der Waals surface area contributed by atoms with Gasteiger partial charge in [0.2, 0.25) is 0 Å². The number of aromatic nitrogens is 2. The molecule has 1 aromatic heterocycles. The van der Waals surface area contributed by atoms with Gasteiger partial charge in [0.25, 0.3) is 0 Å². The maximum atomic E-state index is 13.1. The number of unbranched alkanes of at least 4 members (excludes halogenated alkanes) is 3. The summed E-state index contributed by atoms with van der Waals surface area (Å²) < 4.78 is 42.0. The Morgan fingerprint density at radius 1 is 1.40 bits per heavy atom. The fraction of sp³-hybridized carbons (Fsp3) is 0.667. The number of anilines is 1. The fourth-order valence-corrected chi connectivity index (χ4v) is 3.10. The van der Waals surface area contributed by atoms with E-state index < -0.39 is 25.9 Å². The second-order valence-corrected chi connectivity index (χ2v) is 7.11. The highest BCUT2D eigenvalue weighted by atomic mass is 35.5. The van der Waals surface area contributed by atoms with E-state index in [9.17, 15) is 13.3 Å². The smallest absolute Gasteiger partial charge is 0.370 e. The third-order valence-electron chi connectivity index (χ3n) is 3.46. The molecule has 1 unspecified atom stereocenters. The first-order valence-electron chi connectivity index (χ1n) is 7.51. The van der Waals surface area contributed by atoms with E-state index in [1.165, 1.54) is 0 Å². The zero-order valence-corrected chi connectivity index (χ0v) is 14.8. The van der Waals surface area contributed by atoms with E-state index in [1.807, 2.05) is 4.57 Å². The number of nitrogens with zero attached hydrogens (tertiary/aromatic N) is 3. The SMILES string of the molecule is NC1=NC(Cl)c2ncn(CCCCCCC(F)(F)OP(=O)(O)O)c2N1. The van der Waals surface area contributed by atoms with Gasteiger partial charge < -0.3 is 25.4 Å². The van der Waals surface area contributed by atoms with Crippen LogP contribution in [0.3, 0.4) is 0 Å². The van der Waals surface area contributed by atoms with Crippen LogP contribution in [-0.2, 0) is 15.6 Å². The van der Waals surface area contributed by atoms with E-state index in [1.54, 1.807) is 6.33 Å². The van der Waals surface area contributed by atoms with Crippen molar-refractivity contribution in [1.29, 1.82) is 0 Å². The number of fused-ring (bicyclic) bond motifs is 1. The second-order valence-electron chi connectivity index (χ2n) is 5.53. The highest BCUT2D eigenvalue weighted by Crippen LogP contribution is 2.44. The molecule has 25 heavy (non-hydrogen) atoms. The van der Waals surface area contributed by atoms with Crippen molar-refractivity contribution in [3.8, 4) is 0 Å². The van der Waals surface area contributed by atoms with Crippen molar-refractivity contribution in [3.05, 3.63) is 12.0 Å². The number of aryl methyl sites for hydroxylation is 1. The molecule has 1 atom stereocenters. The topological polar surface area (TPSA) is 135 Å². The lowest BCUT2D eigenvalue weighted by atomic mass is 10.1. The van der Waals surface area contributed by atoms with Gasteiger partial charge in [-0.2, -0.15) is 8.78 Å². The molecular weight excluding hydrogens is 383 g/mol. The normalized spacial score (nSPS) is 17.8. The third kappa shape index (κ3) is 6.19. The quantitative estimate of drug-likeness (QED) is 0.216. The van der Waals surface area contributed by atoms with Crippen molar-refractivity contribution in [3.63, 3.8) is 0 Å². The summed E-state index contributed by atoms with van der Waals surface area (Å²) in [6.07, 6.45) is -1.10. The molecule has 13 heteroatoms. The Labute approximate surface area is 147 Å². The van der Waals surface area contributed by atoms with Crippen LogP contribution in [0, 0.1) is 0 Å². The molecule has 5 N–H and O–H groups in total. The Balaban J connectivity index is 1.71. The largest absolute Gasteiger partial charge is 0.474 e. The van der Waals surface area contributed by atoms with Crippen LogP contribution >= 0.6 is 19.4 Å². The van der Waals surface area contributed by atoms with Gasteiger partial charge in [-0.15, -0.1) is 0 Å². The van der Waals surface area contributed by atoms with E-state index in [0.717, 1.165) is 0 Å². The van der Waals surface area contributed by atoms with E-state index >= 15 is 0 Å². The molecule has 1 aliphatic heterocycles. The first kappa shape index (κ1) is 20.1. The summed E-state index contributed by atoms with van der Waals surface area (Å²) in [7, 11) is -5.20. The maximum absolute atomic E-state index is 13.1. The number of alkyl halides is 3. The number of rotatable bonds is 9. The number of aliphatic imine (C=N–C) groups is 1. The maximum Gasteiger partial charge on any atom is 0.474 e. The lowest BCUT2D eigenvalue weighted by molar-refractivity contribution is -0.191. The Kier molecular flexibility index (Phi) is 6.39. The van der Waals surface area contributed by atoms with Gasteiger partial charge in [-0.05, 0) is 12.8 Å². The van der Waals surface area contributed by atoms with Crippen LogP contribution in [0.2, 0.25) is 0 Å². The lowest BCUT2D eigenvalue weighted by Crippen LogP contribution is -2.28. The number of imidazole rings is 1. The molecule has 0 aromatic carbocycles. The van der Waals surface area contributed by atoms with Crippen LogP contribution in [0.15, 0.2) is 11.3 Å².